The molecule has 0 heterocycles. The Morgan fingerprint density at radius 2 is 2.22 bits per heavy atom. The van der Waals surface area contributed by atoms with Crippen LogP contribution >= 0.6 is 11.6 Å². The summed E-state index contributed by atoms with van der Waals surface area (Å²) in [4.78, 5) is 0. The SMILES string of the molecule is CCCC(O)CNC1CC(c2cccc(Cl)c2)C1. The minimum Gasteiger partial charge on any atom is -0.392 e. The Hall–Kier alpha value is -0.570. The van der Waals surface area contributed by atoms with Gasteiger partial charge in [-0.25, -0.2) is 0 Å². The van der Waals surface area contributed by atoms with Gasteiger partial charge < -0.3 is 10.4 Å². The topological polar surface area (TPSA) is 32.3 Å². The number of nitrogens with one attached hydrogen (secondary N) is 1. The van der Waals surface area contributed by atoms with E-state index in [0.717, 1.165) is 37.3 Å². The lowest BCUT2D eigenvalue weighted by Crippen LogP contribution is -2.43. The van der Waals surface area contributed by atoms with Crippen LogP contribution in [0.1, 0.15) is 44.1 Å². The van der Waals surface area contributed by atoms with E-state index in [4.69, 9.17) is 11.6 Å². The molecule has 0 spiro atoms. The number of halogens is 1. The van der Waals surface area contributed by atoms with Gasteiger partial charge in [-0.05, 0) is 42.9 Å². The van der Waals surface area contributed by atoms with Gasteiger partial charge in [-0.15, -0.1) is 0 Å². The molecule has 1 unspecified atom stereocenters. The van der Waals surface area contributed by atoms with Crippen LogP contribution in [0.15, 0.2) is 24.3 Å². The molecule has 3 heteroatoms. The summed E-state index contributed by atoms with van der Waals surface area (Å²) in [6.45, 7) is 2.82. The lowest BCUT2D eigenvalue weighted by atomic mass is 9.76. The normalized spacial score (nSPS) is 24.6. The van der Waals surface area contributed by atoms with Crippen molar-refractivity contribution >= 4 is 11.6 Å². The van der Waals surface area contributed by atoms with E-state index in [1.807, 2.05) is 12.1 Å². The van der Waals surface area contributed by atoms with Crippen molar-refractivity contribution in [3.8, 4) is 0 Å². The zero-order chi connectivity index (χ0) is 13.0. The highest BCUT2D eigenvalue weighted by molar-refractivity contribution is 6.30. The third-order valence-corrected chi connectivity index (χ3v) is 3.96. The van der Waals surface area contributed by atoms with E-state index < -0.39 is 0 Å². The molecule has 1 aromatic rings. The molecule has 0 radical (unpaired) electrons. The minimum absolute atomic E-state index is 0.194. The smallest absolute Gasteiger partial charge is 0.0664 e. The summed E-state index contributed by atoms with van der Waals surface area (Å²) < 4.78 is 0. The zero-order valence-electron chi connectivity index (χ0n) is 10.9. The summed E-state index contributed by atoms with van der Waals surface area (Å²) in [5, 5.41) is 13.9. The Labute approximate surface area is 114 Å². The fraction of sp³-hybridized carbons (Fsp3) is 0.600. The average molecular weight is 268 g/mol. The minimum atomic E-state index is -0.194. The Morgan fingerprint density at radius 3 is 2.89 bits per heavy atom. The Balaban J connectivity index is 1.71. The van der Waals surface area contributed by atoms with Crippen LogP contribution in [0, 0.1) is 0 Å². The highest BCUT2D eigenvalue weighted by Crippen LogP contribution is 2.37. The molecule has 1 saturated carbocycles. The molecule has 2 nitrogen and oxygen atoms in total. The number of hydrogen-bond acceptors (Lipinski definition) is 2. The van der Waals surface area contributed by atoms with Crippen molar-refractivity contribution < 1.29 is 5.11 Å². The van der Waals surface area contributed by atoms with Crippen molar-refractivity contribution in [1.29, 1.82) is 0 Å². The Morgan fingerprint density at radius 1 is 1.44 bits per heavy atom. The van der Waals surface area contributed by atoms with Crippen LogP contribution in [0.2, 0.25) is 5.02 Å². The monoisotopic (exact) mass is 267 g/mol. The van der Waals surface area contributed by atoms with Crippen LogP contribution in [0.3, 0.4) is 0 Å². The molecule has 18 heavy (non-hydrogen) atoms. The van der Waals surface area contributed by atoms with Gasteiger partial charge in [0.1, 0.15) is 0 Å². The van der Waals surface area contributed by atoms with E-state index in [2.05, 4.69) is 24.4 Å². The van der Waals surface area contributed by atoms with Gasteiger partial charge in [0, 0.05) is 17.6 Å². The van der Waals surface area contributed by atoms with Gasteiger partial charge in [0.05, 0.1) is 6.10 Å². The first-order valence-corrected chi connectivity index (χ1v) is 7.23. The highest BCUT2D eigenvalue weighted by Gasteiger charge is 2.30. The van der Waals surface area contributed by atoms with Crippen LogP contribution in [0.5, 0.6) is 0 Å². The van der Waals surface area contributed by atoms with Crippen molar-refractivity contribution in [2.24, 2.45) is 0 Å². The molecule has 100 valence electrons. The van der Waals surface area contributed by atoms with E-state index in [9.17, 15) is 5.11 Å². The van der Waals surface area contributed by atoms with Crippen molar-refractivity contribution in [3.63, 3.8) is 0 Å². The lowest BCUT2D eigenvalue weighted by Gasteiger charge is -2.37. The fourth-order valence-corrected chi connectivity index (χ4v) is 2.75. The standard InChI is InChI=1S/C15H22ClNO/c1-2-4-15(18)10-17-14-8-12(9-14)11-5-3-6-13(16)7-11/h3,5-7,12,14-15,17-18H,2,4,8-10H2,1H3. The van der Waals surface area contributed by atoms with Crippen LogP contribution < -0.4 is 5.32 Å². The first-order valence-electron chi connectivity index (χ1n) is 6.86. The maximum atomic E-state index is 9.66. The summed E-state index contributed by atoms with van der Waals surface area (Å²) in [5.74, 6) is 0.629. The van der Waals surface area contributed by atoms with E-state index in [1.54, 1.807) is 0 Å². The van der Waals surface area contributed by atoms with Gasteiger partial charge in [-0.2, -0.15) is 0 Å². The highest BCUT2D eigenvalue weighted by atomic mass is 35.5. The van der Waals surface area contributed by atoms with E-state index in [-0.39, 0.29) is 6.10 Å². The third-order valence-electron chi connectivity index (χ3n) is 3.72. The van der Waals surface area contributed by atoms with Gasteiger partial charge >= 0.3 is 0 Å². The summed E-state index contributed by atoms with van der Waals surface area (Å²) in [7, 11) is 0. The van der Waals surface area contributed by atoms with Crippen LogP contribution in [-0.4, -0.2) is 23.8 Å². The summed E-state index contributed by atoms with van der Waals surface area (Å²) in [6.07, 6.45) is 4.04. The number of aliphatic hydroxyl groups is 1. The second-order valence-corrected chi connectivity index (χ2v) is 5.71. The molecular weight excluding hydrogens is 246 g/mol. The van der Waals surface area contributed by atoms with Crippen molar-refractivity contribution in [2.45, 2.75) is 50.7 Å². The van der Waals surface area contributed by atoms with Gasteiger partial charge in [0.15, 0.2) is 0 Å². The number of hydrogen-bond donors (Lipinski definition) is 2. The van der Waals surface area contributed by atoms with E-state index >= 15 is 0 Å². The first kappa shape index (κ1) is 13.9. The third kappa shape index (κ3) is 3.71. The molecule has 1 fully saturated rings. The second kappa shape index (κ2) is 6.55. The van der Waals surface area contributed by atoms with Crippen molar-refractivity contribution in [3.05, 3.63) is 34.9 Å². The predicted octanol–water partition coefficient (Wildman–Crippen LogP) is 3.34. The van der Waals surface area contributed by atoms with Gasteiger partial charge in [0.25, 0.3) is 0 Å². The van der Waals surface area contributed by atoms with Crippen molar-refractivity contribution in [2.75, 3.05) is 6.54 Å². The van der Waals surface area contributed by atoms with Crippen LogP contribution in [0.4, 0.5) is 0 Å². The molecule has 1 aliphatic carbocycles. The lowest BCUT2D eigenvalue weighted by molar-refractivity contribution is 0.145. The van der Waals surface area contributed by atoms with Crippen LogP contribution in [-0.2, 0) is 0 Å². The summed E-state index contributed by atoms with van der Waals surface area (Å²) in [6, 6.07) is 8.71. The molecule has 0 bridgehead atoms. The maximum absolute atomic E-state index is 9.66. The fourth-order valence-electron chi connectivity index (χ4n) is 2.56. The number of benzene rings is 1. The largest absolute Gasteiger partial charge is 0.392 e. The molecular formula is C15H22ClNO. The molecule has 0 saturated heterocycles. The Bertz CT molecular complexity index is 377. The molecule has 2 N–H and O–H groups in total. The molecule has 0 amide bonds. The molecule has 1 aromatic carbocycles. The van der Waals surface area contributed by atoms with Gasteiger partial charge in [-0.3, -0.25) is 0 Å². The van der Waals surface area contributed by atoms with Gasteiger partial charge in [0.2, 0.25) is 0 Å². The van der Waals surface area contributed by atoms with E-state index in [1.165, 1.54) is 5.56 Å². The number of aliphatic hydroxyl groups excluding tert-OH is 1. The molecule has 1 atom stereocenters. The predicted molar refractivity (Wildman–Crippen MR) is 76.1 cm³/mol. The van der Waals surface area contributed by atoms with Crippen LogP contribution in [0.25, 0.3) is 0 Å². The average Bonchev–Trinajstić information content (AvgIpc) is 2.27. The van der Waals surface area contributed by atoms with Crippen molar-refractivity contribution in [1.82, 2.24) is 5.32 Å². The second-order valence-electron chi connectivity index (χ2n) is 5.27. The summed E-state index contributed by atoms with van der Waals surface area (Å²) in [5.41, 5.74) is 1.34. The first-order chi connectivity index (χ1) is 8.69. The van der Waals surface area contributed by atoms with E-state index in [0.29, 0.717) is 12.0 Å². The molecule has 0 aromatic heterocycles. The summed E-state index contributed by atoms with van der Waals surface area (Å²) >= 11 is 6.00. The molecule has 2 rings (SSSR count). The Kier molecular flexibility index (Phi) is 5.04. The van der Waals surface area contributed by atoms with Gasteiger partial charge in [-0.1, -0.05) is 37.1 Å². The zero-order valence-corrected chi connectivity index (χ0v) is 11.7. The number of rotatable bonds is 6. The molecule has 0 aliphatic heterocycles. The maximum Gasteiger partial charge on any atom is 0.0664 e. The quantitative estimate of drug-likeness (QED) is 0.829. The molecule has 1 aliphatic rings.